The molecular formula is C33H24N6O21S6. The number of amides is 2. The molecular weight excluding hydrogens is 1010 g/mol. The molecule has 0 radical (unpaired) electrons. The van der Waals surface area contributed by atoms with Gasteiger partial charge in [0.25, 0.3) is 60.7 Å². The van der Waals surface area contributed by atoms with Crippen LogP contribution < -0.4 is 10.6 Å². The highest BCUT2D eigenvalue weighted by Crippen LogP contribution is 2.41. The number of hydrogen-bond donors (Lipinski definition) is 10. The van der Waals surface area contributed by atoms with Crippen LogP contribution in [0.15, 0.2) is 135 Å². The zero-order valence-electron chi connectivity index (χ0n) is 31.7. The molecule has 348 valence electrons. The number of benzene rings is 6. The molecule has 0 bridgehead atoms. The number of hydrogen-bond acceptors (Lipinski definition) is 19. The van der Waals surface area contributed by atoms with Crippen LogP contribution in [0.4, 0.5) is 38.9 Å². The Hall–Kier alpha value is -6.63. The number of carbonyl (C=O) groups excluding carboxylic acids is 1. The maximum absolute atomic E-state index is 13.0. The maximum atomic E-state index is 13.0. The number of urea groups is 1. The molecule has 0 heterocycles. The van der Waals surface area contributed by atoms with E-state index in [0.29, 0.717) is 60.7 Å². The summed E-state index contributed by atoms with van der Waals surface area (Å²) in [5.41, 5.74) is -3.42. The summed E-state index contributed by atoms with van der Waals surface area (Å²) in [5, 5.41) is 38.5. The first-order valence-electron chi connectivity index (χ1n) is 16.9. The molecule has 0 aromatic heterocycles. The van der Waals surface area contributed by atoms with E-state index in [9.17, 15) is 92.8 Å². The molecule has 0 spiro atoms. The molecule has 0 fully saturated rings. The van der Waals surface area contributed by atoms with Gasteiger partial charge in [0.05, 0.1) is 41.7 Å². The fourth-order valence-corrected chi connectivity index (χ4v) is 9.30. The monoisotopic (exact) mass is 1030 g/mol. The van der Waals surface area contributed by atoms with Gasteiger partial charge in [-0.05, 0) is 83.6 Å². The summed E-state index contributed by atoms with van der Waals surface area (Å²) in [6.45, 7) is 0. The average molecular weight is 1030 g/mol. The Morgan fingerprint density at radius 1 is 0.379 bits per heavy atom. The van der Waals surface area contributed by atoms with E-state index in [1.165, 1.54) is 0 Å². The Balaban J connectivity index is 1.31. The standard InChI is InChI=1S/C33H24N6O21S6/c40-27-13-21(63(49,50)51)7-15-5-19(61(43,44)45)11-25(31(15)27)38-36-23-3-1-17(9-29(23)65(55,56)57)34-33(42)35-18-2-4-24(30(10-18)66(58,59)60)37-39-26-12-20(62(46,47)48)6-16-8-22(64(52,53)54)14-28(41)32(16)26/h1-14,40-41H,(H2,34,35,42)(H,43,44,45)(H,46,47,48)(H,49,50,51)(H,52,53,54)(H,55,56,57)(H,58,59,60). The van der Waals surface area contributed by atoms with Gasteiger partial charge >= 0.3 is 6.03 Å². The van der Waals surface area contributed by atoms with E-state index in [1.807, 2.05) is 0 Å². The Morgan fingerprint density at radius 2 is 0.667 bits per heavy atom. The Labute approximate surface area is 370 Å². The predicted molar refractivity (Wildman–Crippen MR) is 224 cm³/mol. The van der Waals surface area contributed by atoms with Gasteiger partial charge in [-0.1, -0.05) is 0 Å². The molecule has 0 atom stereocenters. The smallest absolute Gasteiger partial charge is 0.323 e. The third-order valence-corrected chi connectivity index (χ3v) is 13.7. The minimum absolute atomic E-state index is 0.403. The summed E-state index contributed by atoms with van der Waals surface area (Å²) in [6.07, 6.45) is 0. The van der Waals surface area contributed by atoms with E-state index < -0.39 is 163 Å². The lowest BCUT2D eigenvalue weighted by atomic mass is 10.1. The molecule has 66 heavy (non-hydrogen) atoms. The molecule has 0 saturated carbocycles. The van der Waals surface area contributed by atoms with Gasteiger partial charge in [-0.15, -0.1) is 20.5 Å². The molecule has 6 aromatic carbocycles. The van der Waals surface area contributed by atoms with Crippen molar-refractivity contribution in [3.63, 3.8) is 0 Å². The van der Waals surface area contributed by atoms with Gasteiger partial charge in [0, 0.05) is 23.5 Å². The topological polar surface area (TPSA) is 457 Å². The van der Waals surface area contributed by atoms with Gasteiger partial charge in [-0.2, -0.15) is 50.5 Å². The lowest BCUT2D eigenvalue weighted by molar-refractivity contribution is 0.262. The number of phenolic OH excluding ortho intramolecular Hbond substituents is 2. The zero-order valence-corrected chi connectivity index (χ0v) is 36.6. The number of aromatic hydroxyl groups is 2. The largest absolute Gasteiger partial charge is 0.507 e. The number of anilines is 2. The first kappa shape index (κ1) is 48.8. The molecule has 0 saturated heterocycles. The number of nitrogens with zero attached hydrogens (tertiary/aromatic N) is 4. The van der Waals surface area contributed by atoms with Crippen LogP contribution in [-0.2, 0) is 60.7 Å². The maximum Gasteiger partial charge on any atom is 0.323 e. The van der Waals surface area contributed by atoms with Gasteiger partial charge in [-0.25, -0.2) is 4.79 Å². The summed E-state index contributed by atoms with van der Waals surface area (Å²) in [6, 6.07) is 8.97. The van der Waals surface area contributed by atoms with Crippen molar-refractivity contribution in [3.8, 4) is 11.5 Å². The van der Waals surface area contributed by atoms with Gasteiger partial charge in [0.2, 0.25) is 0 Å². The molecule has 27 nitrogen and oxygen atoms in total. The lowest BCUT2D eigenvalue weighted by Gasteiger charge is -2.11. The molecule has 10 N–H and O–H groups in total. The number of carbonyl (C=O) groups is 1. The van der Waals surface area contributed by atoms with Crippen molar-refractivity contribution in [2.24, 2.45) is 20.5 Å². The third-order valence-electron chi connectivity index (χ3n) is 8.62. The Morgan fingerprint density at radius 3 is 0.955 bits per heavy atom. The van der Waals surface area contributed by atoms with Crippen molar-refractivity contribution in [3.05, 3.63) is 84.9 Å². The van der Waals surface area contributed by atoms with Crippen molar-refractivity contribution in [1.29, 1.82) is 0 Å². The van der Waals surface area contributed by atoms with Gasteiger partial charge in [0.15, 0.2) is 0 Å². The summed E-state index contributed by atoms with van der Waals surface area (Å²) in [4.78, 5) is 7.25. The normalized spacial score (nSPS) is 13.2. The van der Waals surface area contributed by atoms with Crippen molar-refractivity contribution < 1.29 is 92.8 Å². The van der Waals surface area contributed by atoms with E-state index in [0.717, 1.165) is 24.3 Å². The van der Waals surface area contributed by atoms with Crippen LogP contribution in [-0.4, -0.2) is 94.1 Å². The van der Waals surface area contributed by atoms with Crippen molar-refractivity contribution in [2.45, 2.75) is 29.4 Å². The summed E-state index contributed by atoms with van der Waals surface area (Å²) < 4.78 is 202. The van der Waals surface area contributed by atoms with Gasteiger partial charge in [-0.3, -0.25) is 27.3 Å². The second-order valence-electron chi connectivity index (χ2n) is 13.2. The average Bonchev–Trinajstić information content (AvgIpc) is 3.17. The van der Waals surface area contributed by atoms with E-state index >= 15 is 0 Å². The highest BCUT2D eigenvalue weighted by Gasteiger charge is 2.24. The molecule has 2 amide bonds. The minimum Gasteiger partial charge on any atom is -0.507 e. The van der Waals surface area contributed by atoms with Crippen LogP contribution in [0.3, 0.4) is 0 Å². The molecule has 0 aliphatic carbocycles. The summed E-state index contributed by atoms with van der Waals surface area (Å²) >= 11 is 0. The lowest BCUT2D eigenvalue weighted by Crippen LogP contribution is -2.19. The second-order valence-corrected chi connectivity index (χ2v) is 21.6. The predicted octanol–water partition coefficient (Wildman–Crippen LogP) is 5.36. The van der Waals surface area contributed by atoms with Crippen LogP contribution >= 0.6 is 0 Å². The van der Waals surface area contributed by atoms with Crippen LogP contribution in [0.1, 0.15) is 0 Å². The first-order chi connectivity index (χ1) is 30.2. The van der Waals surface area contributed by atoms with Crippen molar-refractivity contribution in [1.82, 2.24) is 0 Å². The fraction of sp³-hybridized carbons (Fsp3) is 0. The van der Waals surface area contributed by atoms with Gasteiger partial charge in [0.1, 0.15) is 32.7 Å². The van der Waals surface area contributed by atoms with Crippen LogP contribution in [0, 0.1) is 0 Å². The van der Waals surface area contributed by atoms with E-state index in [4.69, 9.17) is 0 Å². The van der Waals surface area contributed by atoms with Gasteiger partial charge < -0.3 is 20.8 Å². The van der Waals surface area contributed by atoms with E-state index in [-0.39, 0.29) is 0 Å². The number of nitrogens with one attached hydrogen (secondary N) is 2. The minimum atomic E-state index is -5.25. The number of fused-ring (bicyclic) bond motifs is 2. The highest BCUT2D eigenvalue weighted by atomic mass is 32.2. The number of phenols is 2. The van der Waals surface area contributed by atoms with Crippen LogP contribution in [0.25, 0.3) is 21.5 Å². The second kappa shape index (κ2) is 17.0. The summed E-state index contributed by atoms with van der Waals surface area (Å²) in [5.74, 6) is -1.81. The number of azo groups is 2. The van der Waals surface area contributed by atoms with Crippen molar-refractivity contribution in [2.75, 3.05) is 10.6 Å². The fourth-order valence-electron chi connectivity index (χ4n) is 5.86. The molecule has 0 aliphatic heterocycles. The summed E-state index contributed by atoms with van der Waals surface area (Å²) in [7, 11) is -30.5. The van der Waals surface area contributed by atoms with Crippen LogP contribution in [0.2, 0.25) is 0 Å². The quantitative estimate of drug-likeness (QED) is 0.0544. The molecule has 6 rings (SSSR count). The van der Waals surface area contributed by atoms with E-state index in [2.05, 4.69) is 31.1 Å². The molecule has 33 heteroatoms. The van der Waals surface area contributed by atoms with Crippen LogP contribution in [0.5, 0.6) is 11.5 Å². The zero-order chi connectivity index (χ0) is 49.1. The third kappa shape index (κ3) is 10.9. The Bertz CT molecular complexity index is 3600. The number of rotatable bonds is 12. The highest BCUT2D eigenvalue weighted by molar-refractivity contribution is 7.87. The van der Waals surface area contributed by atoms with Crippen molar-refractivity contribution >= 4 is 122 Å². The molecule has 6 aromatic rings. The molecule has 0 unspecified atom stereocenters. The SMILES string of the molecule is O=C(Nc1ccc(N=Nc2cc(S(=O)(=O)O)cc3cc(S(=O)(=O)O)cc(O)c23)c(S(=O)(=O)O)c1)Nc1ccc(N=Nc2cc(S(=O)(=O)O)cc3cc(S(=O)(=O)O)cc(O)c23)c(S(=O)(=O)O)c1. The first-order valence-corrected chi connectivity index (χ1v) is 25.5. The Kier molecular flexibility index (Phi) is 12.6. The molecule has 0 aliphatic rings. The van der Waals surface area contributed by atoms with E-state index in [1.54, 1.807) is 0 Å².